The molecule has 4 heteroatoms. The molecule has 1 aromatic heterocycles. The first kappa shape index (κ1) is 13.1. The molecule has 0 radical (unpaired) electrons. The second-order valence-corrected chi connectivity index (χ2v) is 5.08. The Labute approximate surface area is 111 Å². The Balaban J connectivity index is 2.36. The number of benzene rings is 1. The van der Waals surface area contributed by atoms with Gasteiger partial charge in [-0.25, -0.2) is 4.39 Å². The summed E-state index contributed by atoms with van der Waals surface area (Å²) in [6.45, 7) is 2.24. The maximum absolute atomic E-state index is 14.0. The molecular weight excluding hydrogens is 253 g/mol. The normalized spacial score (nSPS) is 14.4. The summed E-state index contributed by atoms with van der Waals surface area (Å²) in [6, 6.07) is 8.35. The number of hydrogen-bond acceptors (Lipinski definition) is 2. The lowest BCUT2D eigenvalue weighted by molar-refractivity contribution is 0.398. The fraction of sp³-hybridized carbons (Fsp3) is 0.286. The van der Waals surface area contributed by atoms with Crippen molar-refractivity contribution in [3.8, 4) is 0 Å². The second-order valence-electron chi connectivity index (χ2n) is 4.65. The smallest absolute Gasteiger partial charge is 0.128 e. The van der Waals surface area contributed by atoms with Gasteiger partial charge >= 0.3 is 0 Å². The van der Waals surface area contributed by atoms with Crippen LogP contribution >= 0.6 is 11.6 Å². The highest BCUT2D eigenvalue weighted by Crippen LogP contribution is 2.30. The van der Waals surface area contributed by atoms with E-state index in [1.165, 1.54) is 6.07 Å². The molecule has 0 aliphatic heterocycles. The van der Waals surface area contributed by atoms with E-state index in [0.29, 0.717) is 23.6 Å². The van der Waals surface area contributed by atoms with Crippen LogP contribution in [0.3, 0.4) is 0 Å². The maximum atomic E-state index is 14.0. The Morgan fingerprint density at radius 2 is 2.17 bits per heavy atom. The molecule has 1 aromatic carbocycles. The van der Waals surface area contributed by atoms with Crippen LogP contribution in [0.5, 0.6) is 0 Å². The lowest BCUT2D eigenvalue weighted by atomic mass is 9.78. The summed E-state index contributed by atoms with van der Waals surface area (Å²) in [4.78, 5) is 0. The third-order valence-electron chi connectivity index (χ3n) is 3.18. The van der Waals surface area contributed by atoms with Crippen LogP contribution in [0, 0.1) is 5.82 Å². The summed E-state index contributed by atoms with van der Waals surface area (Å²) >= 11 is 5.76. The summed E-state index contributed by atoms with van der Waals surface area (Å²) in [5.74, 6) is 0.458. The van der Waals surface area contributed by atoms with Crippen LogP contribution in [-0.4, -0.2) is 6.54 Å². The van der Waals surface area contributed by atoms with Gasteiger partial charge in [0.1, 0.15) is 11.6 Å². The van der Waals surface area contributed by atoms with Gasteiger partial charge in [-0.15, -0.1) is 0 Å². The molecule has 0 aliphatic rings. The van der Waals surface area contributed by atoms with Gasteiger partial charge in [-0.05, 0) is 29.8 Å². The molecule has 0 bridgehead atoms. The molecule has 0 fully saturated rings. The molecule has 96 valence electrons. The van der Waals surface area contributed by atoms with E-state index in [1.54, 1.807) is 18.4 Å². The predicted molar refractivity (Wildman–Crippen MR) is 70.2 cm³/mol. The molecule has 0 amide bonds. The van der Waals surface area contributed by atoms with Crippen molar-refractivity contribution >= 4 is 11.6 Å². The second kappa shape index (κ2) is 5.12. The van der Waals surface area contributed by atoms with Crippen LogP contribution in [0.4, 0.5) is 4.39 Å². The van der Waals surface area contributed by atoms with Crippen molar-refractivity contribution in [2.45, 2.75) is 18.8 Å². The molecule has 1 unspecified atom stereocenters. The molecule has 2 rings (SSSR count). The van der Waals surface area contributed by atoms with Crippen LogP contribution in [0.15, 0.2) is 41.0 Å². The summed E-state index contributed by atoms with van der Waals surface area (Å²) in [5.41, 5.74) is 5.87. The van der Waals surface area contributed by atoms with Crippen LogP contribution in [0.2, 0.25) is 5.02 Å². The van der Waals surface area contributed by atoms with Crippen LogP contribution in [-0.2, 0) is 11.8 Å². The maximum Gasteiger partial charge on any atom is 0.128 e. The van der Waals surface area contributed by atoms with E-state index in [4.69, 9.17) is 21.8 Å². The van der Waals surface area contributed by atoms with Crippen molar-refractivity contribution in [2.75, 3.05) is 6.54 Å². The molecule has 0 aliphatic carbocycles. The van der Waals surface area contributed by atoms with E-state index >= 15 is 0 Å². The van der Waals surface area contributed by atoms with Gasteiger partial charge in [-0.3, -0.25) is 0 Å². The molecule has 2 N–H and O–H groups in total. The monoisotopic (exact) mass is 267 g/mol. The van der Waals surface area contributed by atoms with Crippen LogP contribution < -0.4 is 5.73 Å². The molecule has 0 saturated carbocycles. The van der Waals surface area contributed by atoms with E-state index in [9.17, 15) is 4.39 Å². The lowest BCUT2D eigenvalue weighted by Crippen LogP contribution is -2.35. The lowest BCUT2D eigenvalue weighted by Gasteiger charge is -2.28. The van der Waals surface area contributed by atoms with Gasteiger partial charge < -0.3 is 10.2 Å². The topological polar surface area (TPSA) is 39.2 Å². The fourth-order valence-electron chi connectivity index (χ4n) is 2.05. The average Bonchev–Trinajstić information content (AvgIpc) is 2.81. The molecule has 2 nitrogen and oxygen atoms in total. The van der Waals surface area contributed by atoms with Crippen molar-refractivity contribution in [2.24, 2.45) is 5.73 Å². The van der Waals surface area contributed by atoms with Gasteiger partial charge in [-0.2, -0.15) is 0 Å². The molecule has 1 heterocycles. The minimum absolute atomic E-state index is 0.326. The summed E-state index contributed by atoms with van der Waals surface area (Å²) in [5, 5.41) is 0.383. The molecular formula is C14H15ClFNO. The SMILES string of the molecule is CC(CN)(Cc1ccco1)c1ccc(Cl)cc1F. The first-order valence-electron chi connectivity index (χ1n) is 5.73. The van der Waals surface area contributed by atoms with E-state index in [1.807, 2.05) is 19.1 Å². The van der Waals surface area contributed by atoms with Crippen molar-refractivity contribution in [1.82, 2.24) is 0 Å². The number of rotatable bonds is 4. The van der Waals surface area contributed by atoms with Crippen molar-refractivity contribution < 1.29 is 8.81 Å². The summed E-state index contributed by atoms with van der Waals surface area (Å²) in [7, 11) is 0. The van der Waals surface area contributed by atoms with Crippen LogP contribution in [0.1, 0.15) is 18.2 Å². The number of hydrogen-bond donors (Lipinski definition) is 1. The fourth-order valence-corrected chi connectivity index (χ4v) is 2.21. The predicted octanol–water partition coefficient (Wildman–Crippen LogP) is 3.53. The Kier molecular flexibility index (Phi) is 3.73. The zero-order chi connectivity index (χ0) is 13.2. The number of furan rings is 1. The minimum Gasteiger partial charge on any atom is -0.469 e. The molecule has 0 saturated heterocycles. The van der Waals surface area contributed by atoms with Gasteiger partial charge in [0.15, 0.2) is 0 Å². The van der Waals surface area contributed by atoms with Gasteiger partial charge in [0.25, 0.3) is 0 Å². The summed E-state index contributed by atoms with van der Waals surface area (Å²) in [6.07, 6.45) is 2.15. The third-order valence-corrected chi connectivity index (χ3v) is 3.41. The summed E-state index contributed by atoms with van der Waals surface area (Å²) < 4.78 is 19.3. The molecule has 2 aromatic rings. The highest BCUT2D eigenvalue weighted by atomic mass is 35.5. The highest BCUT2D eigenvalue weighted by Gasteiger charge is 2.29. The van der Waals surface area contributed by atoms with Gasteiger partial charge in [-0.1, -0.05) is 24.6 Å². The first-order valence-corrected chi connectivity index (χ1v) is 6.11. The van der Waals surface area contributed by atoms with E-state index in [0.717, 1.165) is 5.76 Å². The van der Waals surface area contributed by atoms with E-state index in [2.05, 4.69) is 0 Å². The van der Waals surface area contributed by atoms with Crippen molar-refractivity contribution in [3.05, 3.63) is 58.8 Å². The molecule has 1 atom stereocenters. The third kappa shape index (κ3) is 2.57. The highest BCUT2D eigenvalue weighted by molar-refractivity contribution is 6.30. The minimum atomic E-state index is -0.507. The van der Waals surface area contributed by atoms with Gasteiger partial charge in [0, 0.05) is 23.4 Å². The van der Waals surface area contributed by atoms with Crippen LogP contribution in [0.25, 0.3) is 0 Å². The van der Waals surface area contributed by atoms with Crippen molar-refractivity contribution in [3.63, 3.8) is 0 Å². The number of nitrogens with two attached hydrogens (primary N) is 1. The average molecular weight is 268 g/mol. The van der Waals surface area contributed by atoms with Gasteiger partial charge in [0.2, 0.25) is 0 Å². The Bertz CT molecular complexity index is 527. The van der Waals surface area contributed by atoms with E-state index < -0.39 is 5.41 Å². The van der Waals surface area contributed by atoms with Gasteiger partial charge in [0.05, 0.1) is 6.26 Å². The van der Waals surface area contributed by atoms with E-state index in [-0.39, 0.29) is 5.82 Å². The van der Waals surface area contributed by atoms with Crippen molar-refractivity contribution in [1.29, 1.82) is 0 Å². The standard InChI is InChI=1S/C14H15ClFNO/c1-14(9-17,8-11-3-2-6-18-11)12-5-4-10(15)7-13(12)16/h2-7H,8-9,17H2,1H3. The Hall–Kier alpha value is -1.32. The largest absolute Gasteiger partial charge is 0.469 e. The zero-order valence-corrected chi connectivity index (χ0v) is 10.9. The first-order chi connectivity index (χ1) is 8.55. The molecule has 18 heavy (non-hydrogen) atoms. The Morgan fingerprint density at radius 3 is 2.72 bits per heavy atom. The Morgan fingerprint density at radius 1 is 1.39 bits per heavy atom. The zero-order valence-electron chi connectivity index (χ0n) is 10.1. The number of halogens is 2. The quantitative estimate of drug-likeness (QED) is 0.920. The molecule has 0 spiro atoms.